The summed E-state index contributed by atoms with van der Waals surface area (Å²) >= 11 is 0. The molecule has 7 rings (SSSR count). The molecule has 3 aromatic carbocycles. The van der Waals surface area contributed by atoms with Gasteiger partial charge in [0.05, 0.1) is 36.0 Å². The molecule has 12 nitrogen and oxygen atoms in total. The molecular formula is C40H40FN9O3. The lowest BCUT2D eigenvalue weighted by Gasteiger charge is -2.15. The number of hydrogen-bond donors (Lipinski definition) is 3. The van der Waals surface area contributed by atoms with E-state index >= 15 is 0 Å². The van der Waals surface area contributed by atoms with Gasteiger partial charge in [0, 0.05) is 35.0 Å². The Labute approximate surface area is 306 Å². The first-order valence-electron chi connectivity index (χ1n) is 17.4. The normalized spacial score (nSPS) is 14.3. The van der Waals surface area contributed by atoms with Gasteiger partial charge in [-0.1, -0.05) is 62.7 Å². The van der Waals surface area contributed by atoms with Gasteiger partial charge in [0.1, 0.15) is 41.7 Å². The van der Waals surface area contributed by atoms with Gasteiger partial charge >= 0.3 is 6.03 Å². The van der Waals surface area contributed by atoms with Crippen molar-refractivity contribution in [3.05, 3.63) is 120 Å². The molecular weight excluding hydrogens is 673 g/mol. The van der Waals surface area contributed by atoms with Crippen molar-refractivity contribution in [2.75, 3.05) is 29.0 Å². The van der Waals surface area contributed by atoms with E-state index in [1.165, 1.54) is 17.3 Å². The van der Waals surface area contributed by atoms with Crippen LogP contribution in [0.5, 0.6) is 5.75 Å². The SMILES string of the molecule is Cc1ccc(-n2nc(C(C)(C)C)cc2NC(=O)Nc2ccc(OCc3ccnc(Nc4cnc(C(=O)N5CC[C@H](F)C5)cn4)c3)c3ccccc23)cc1. The highest BCUT2D eigenvalue weighted by Crippen LogP contribution is 2.33. The van der Waals surface area contributed by atoms with E-state index in [0.717, 1.165) is 33.3 Å². The maximum absolute atomic E-state index is 13.5. The molecule has 1 atom stereocenters. The third-order valence-corrected chi connectivity index (χ3v) is 8.89. The first-order chi connectivity index (χ1) is 25.5. The number of ether oxygens (including phenoxy) is 1. The zero-order valence-electron chi connectivity index (χ0n) is 29.9. The summed E-state index contributed by atoms with van der Waals surface area (Å²) in [6, 6.07) is 24.5. The Kier molecular flexibility index (Phi) is 9.72. The van der Waals surface area contributed by atoms with Crippen LogP contribution < -0.4 is 20.7 Å². The lowest BCUT2D eigenvalue weighted by molar-refractivity contribution is 0.0776. The molecule has 0 aliphatic carbocycles. The number of likely N-dealkylation sites (tertiary alicyclic amines) is 1. The molecule has 3 N–H and O–H groups in total. The molecule has 3 amide bonds. The fourth-order valence-electron chi connectivity index (χ4n) is 5.99. The topological polar surface area (TPSA) is 139 Å². The number of anilines is 4. The van der Waals surface area contributed by atoms with Crippen LogP contribution in [0.4, 0.5) is 32.3 Å². The van der Waals surface area contributed by atoms with E-state index in [0.29, 0.717) is 41.9 Å². The van der Waals surface area contributed by atoms with Gasteiger partial charge in [-0.15, -0.1) is 0 Å². The van der Waals surface area contributed by atoms with E-state index in [2.05, 4.69) is 51.7 Å². The van der Waals surface area contributed by atoms with Gasteiger partial charge < -0.3 is 20.3 Å². The van der Waals surface area contributed by atoms with E-state index < -0.39 is 12.2 Å². The molecule has 0 bridgehead atoms. The molecule has 1 aliphatic heterocycles. The average molecular weight is 714 g/mol. The summed E-state index contributed by atoms with van der Waals surface area (Å²) in [6.45, 7) is 8.98. The van der Waals surface area contributed by atoms with Crippen LogP contribution in [0.3, 0.4) is 0 Å². The molecule has 6 aromatic rings. The van der Waals surface area contributed by atoms with Crippen LogP contribution in [0.15, 0.2) is 97.5 Å². The molecule has 53 heavy (non-hydrogen) atoms. The number of nitrogens with zero attached hydrogens (tertiary/aromatic N) is 6. The lowest BCUT2D eigenvalue weighted by Crippen LogP contribution is -2.29. The number of fused-ring (bicyclic) bond motifs is 1. The first-order valence-corrected chi connectivity index (χ1v) is 17.4. The van der Waals surface area contributed by atoms with Crippen LogP contribution in [0.2, 0.25) is 0 Å². The molecule has 0 radical (unpaired) electrons. The number of pyridine rings is 1. The van der Waals surface area contributed by atoms with Gasteiger partial charge in [0.25, 0.3) is 5.91 Å². The number of carbonyl (C=O) groups is 2. The molecule has 1 saturated heterocycles. The number of benzene rings is 3. The smallest absolute Gasteiger partial charge is 0.324 e. The van der Waals surface area contributed by atoms with Crippen LogP contribution >= 0.6 is 0 Å². The van der Waals surface area contributed by atoms with Crippen LogP contribution in [-0.2, 0) is 12.0 Å². The highest BCUT2D eigenvalue weighted by molar-refractivity contribution is 6.07. The van der Waals surface area contributed by atoms with Gasteiger partial charge in [-0.25, -0.2) is 28.8 Å². The summed E-state index contributed by atoms with van der Waals surface area (Å²) < 4.78 is 21.6. The predicted octanol–water partition coefficient (Wildman–Crippen LogP) is 7.97. The Morgan fingerprint density at radius 3 is 2.42 bits per heavy atom. The third-order valence-electron chi connectivity index (χ3n) is 8.89. The minimum absolute atomic E-state index is 0.0784. The molecule has 13 heteroatoms. The van der Waals surface area contributed by atoms with E-state index in [-0.39, 0.29) is 30.2 Å². The number of urea groups is 1. The van der Waals surface area contributed by atoms with Crippen molar-refractivity contribution in [2.24, 2.45) is 0 Å². The maximum Gasteiger partial charge on any atom is 0.324 e. The van der Waals surface area contributed by atoms with E-state index in [1.54, 1.807) is 10.9 Å². The zero-order valence-corrected chi connectivity index (χ0v) is 29.9. The van der Waals surface area contributed by atoms with E-state index in [9.17, 15) is 14.0 Å². The van der Waals surface area contributed by atoms with Crippen LogP contribution in [0.25, 0.3) is 16.5 Å². The zero-order chi connectivity index (χ0) is 37.1. The summed E-state index contributed by atoms with van der Waals surface area (Å²) in [5.74, 6) is 1.80. The predicted molar refractivity (Wildman–Crippen MR) is 203 cm³/mol. The van der Waals surface area contributed by atoms with Crippen LogP contribution in [-0.4, -0.2) is 60.8 Å². The Hall–Kier alpha value is -6.37. The maximum atomic E-state index is 13.5. The second kappa shape index (κ2) is 14.7. The third kappa shape index (κ3) is 8.09. The summed E-state index contributed by atoms with van der Waals surface area (Å²) in [5.41, 5.74) is 4.25. The van der Waals surface area contributed by atoms with Gasteiger partial charge in [0.2, 0.25) is 0 Å². The Morgan fingerprint density at radius 1 is 0.906 bits per heavy atom. The largest absolute Gasteiger partial charge is 0.488 e. The monoisotopic (exact) mass is 713 g/mol. The number of halogens is 1. The molecule has 1 aliphatic rings. The molecule has 0 saturated carbocycles. The minimum Gasteiger partial charge on any atom is -0.488 e. The highest BCUT2D eigenvalue weighted by Gasteiger charge is 2.27. The van der Waals surface area contributed by atoms with E-state index in [1.807, 2.05) is 85.8 Å². The highest BCUT2D eigenvalue weighted by atomic mass is 19.1. The second-order valence-electron chi connectivity index (χ2n) is 14.0. The quantitative estimate of drug-likeness (QED) is 0.137. The molecule has 0 spiro atoms. The number of nitrogens with one attached hydrogen (secondary N) is 3. The summed E-state index contributed by atoms with van der Waals surface area (Å²) in [5, 5.41) is 15.6. The van der Waals surface area contributed by atoms with Crippen molar-refractivity contribution in [3.8, 4) is 11.4 Å². The standard InChI is InChI=1S/C40H40FN9O3/c1-25-9-11-28(12-10-25)50-37(20-34(48-50)40(2,3)4)47-39(52)45-31-13-14-33(30-8-6-5-7-29(30)31)53-24-26-15-17-42-35(19-26)46-36-22-43-32(21-44-36)38(51)49-18-16-27(41)23-49/h5-15,17,19-22,27H,16,18,23-24H2,1-4H3,(H,42,44,46)(H2,45,47,52)/t27-/m0/s1. The van der Waals surface area contributed by atoms with Crippen LogP contribution in [0, 0.1) is 6.92 Å². The van der Waals surface area contributed by atoms with Gasteiger partial charge in [-0.2, -0.15) is 5.10 Å². The van der Waals surface area contributed by atoms with Crippen molar-refractivity contribution in [1.29, 1.82) is 0 Å². The Balaban J connectivity index is 1.02. The molecule has 0 unspecified atom stereocenters. The second-order valence-corrected chi connectivity index (χ2v) is 14.0. The van der Waals surface area contributed by atoms with Gasteiger partial charge in [0.15, 0.2) is 0 Å². The number of rotatable bonds is 9. The van der Waals surface area contributed by atoms with Crippen molar-refractivity contribution in [3.63, 3.8) is 0 Å². The number of carbonyl (C=O) groups excluding carboxylic acids is 2. The number of amides is 3. The summed E-state index contributed by atoms with van der Waals surface area (Å²) in [4.78, 5) is 40.4. The molecule has 3 aromatic heterocycles. The Bertz CT molecular complexity index is 2270. The fraction of sp³-hybridized carbons (Fsp3) is 0.250. The van der Waals surface area contributed by atoms with Crippen molar-refractivity contribution < 1.29 is 18.7 Å². The van der Waals surface area contributed by atoms with Crippen molar-refractivity contribution in [1.82, 2.24) is 29.6 Å². The molecule has 1 fully saturated rings. The van der Waals surface area contributed by atoms with Crippen LogP contribution in [0.1, 0.15) is 54.5 Å². The average Bonchev–Trinajstić information content (AvgIpc) is 3.78. The fourth-order valence-corrected chi connectivity index (χ4v) is 5.99. The Morgan fingerprint density at radius 2 is 1.70 bits per heavy atom. The molecule has 4 heterocycles. The van der Waals surface area contributed by atoms with Crippen molar-refractivity contribution in [2.45, 2.75) is 52.3 Å². The first kappa shape index (κ1) is 35.1. The number of aryl methyl sites for hydroxylation is 1. The number of aromatic nitrogens is 5. The van der Waals surface area contributed by atoms with Gasteiger partial charge in [-0.3, -0.25) is 10.1 Å². The lowest BCUT2D eigenvalue weighted by atomic mass is 9.92. The van der Waals surface area contributed by atoms with Gasteiger partial charge in [-0.05, 0) is 55.3 Å². The number of alkyl halides is 1. The summed E-state index contributed by atoms with van der Waals surface area (Å²) in [7, 11) is 0. The summed E-state index contributed by atoms with van der Waals surface area (Å²) in [6.07, 6.45) is 3.82. The van der Waals surface area contributed by atoms with Crippen molar-refractivity contribution >= 4 is 45.9 Å². The number of hydrogen-bond acceptors (Lipinski definition) is 8. The van der Waals surface area contributed by atoms with E-state index in [4.69, 9.17) is 9.84 Å². The minimum atomic E-state index is -1.00. The molecule has 270 valence electrons.